The van der Waals surface area contributed by atoms with Gasteiger partial charge in [-0.3, -0.25) is 9.48 Å². The number of amides is 1. The van der Waals surface area contributed by atoms with Crippen molar-refractivity contribution in [2.75, 3.05) is 26.2 Å². The standard InChI is InChI=1S/C17H22N4O3S2/c1-13-15(14(2)19(3)18-13)6-7-16(22)20-8-10-21(11-9-20)26(23,24)17-5-4-12-25-17/h4-7,12H,8-11H2,1-3H3/b7-6+. The first-order valence-corrected chi connectivity index (χ1v) is 10.6. The van der Waals surface area contributed by atoms with Crippen molar-refractivity contribution in [3.63, 3.8) is 0 Å². The largest absolute Gasteiger partial charge is 0.337 e. The SMILES string of the molecule is Cc1nn(C)c(C)c1/C=C/C(=O)N1CCN(S(=O)(=O)c2cccs2)CC1. The molecule has 0 aromatic carbocycles. The van der Waals surface area contributed by atoms with Crippen LogP contribution in [0.5, 0.6) is 0 Å². The molecule has 0 atom stereocenters. The summed E-state index contributed by atoms with van der Waals surface area (Å²) in [5.41, 5.74) is 2.82. The average Bonchev–Trinajstić information content (AvgIpc) is 3.24. The Balaban J connectivity index is 1.63. The molecule has 2 aromatic heterocycles. The van der Waals surface area contributed by atoms with Crippen molar-refractivity contribution in [1.29, 1.82) is 0 Å². The summed E-state index contributed by atoms with van der Waals surface area (Å²) in [5, 5.41) is 6.08. The lowest BCUT2D eigenvalue weighted by Gasteiger charge is -2.33. The maximum Gasteiger partial charge on any atom is 0.252 e. The van der Waals surface area contributed by atoms with Crippen LogP contribution in [-0.2, 0) is 21.9 Å². The molecule has 140 valence electrons. The van der Waals surface area contributed by atoms with E-state index in [1.807, 2.05) is 20.9 Å². The molecule has 0 aliphatic carbocycles. The zero-order chi connectivity index (χ0) is 18.9. The number of aryl methyl sites for hydroxylation is 2. The molecule has 26 heavy (non-hydrogen) atoms. The van der Waals surface area contributed by atoms with Gasteiger partial charge in [-0.1, -0.05) is 6.07 Å². The van der Waals surface area contributed by atoms with Gasteiger partial charge in [0.15, 0.2) is 0 Å². The molecule has 0 N–H and O–H groups in total. The van der Waals surface area contributed by atoms with E-state index >= 15 is 0 Å². The third-order valence-corrected chi connectivity index (χ3v) is 7.87. The van der Waals surface area contributed by atoms with E-state index < -0.39 is 10.0 Å². The van der Waals surface area contributed by atoms with Gasteiger partial charge < -0.3 is 4.90 Å². The highest BCUT2D eigenvalue weighted by molar-refractivity contribution is 7.91. The highest BCUT2D eigenvalue weighted by Gasteiger charge is 2.30. The van der Waals surface area contributed by atoms with Crippen LogP contribution >= 0.6 is 11.3 Å². The molecule has 0 radical (unpaired) electrons. The van der Waals surface area contributed by atoms with Crippen LogP contribution in [0.15, 0.2) is 27.8 Å². The molecule has 7 nitrogen and oxygen atoms in total. The molecule has 0 bridgehead atoms. The number of hydrogen-bond acceptors (Lipinski definition) is 5. The Morgan fingerprint density at radius 1 is 1.23 bits per heavy atom. The topological polar surface area (TPSA) is 75.5 Å². The number of carbonyl (C=O) groups is 1. The Labute approximate surface area is 157 Å². The molecule has 0 saturated carbocycles. The lowest BCUT2D eigenvalue weighted by Crippen LogP contribution is -2.50. The summed E-state index contributed by atoms with van der Waals surface area (Å²) in [6.45, 7) is 5.26. The van der Waals surface area contributed by atoms with Gasteiger partial charge >= 0.3 is 0 Å². The van der Waals surface area contributed by atoms with Gasteiger partial charge in [-0.2, -0.15) is 9.40 Å². The zero-order valence-electron chi connectivity index (χ0n) is 15.0. The highest BCUT2D eigenvalue weighted by atomic mass is 32.2. The summed E-state index contributed by atoms with van der Waals surface area (Å²) in [6.07, 6.45) is 3.33. The number of nitrogens with zero attached hydrogens (tertiary/aromatic N) is 4. The van der Waals surface area contributed by atoms with E-state index in [4.69, 9.17) is 0 Å². The summed E-state index contributed by atoms with van der Waals surface area (Å²) in [4.78, 5) is 14.1. The fraction of sp³-hybridized carbons (Fsp3) is 0.412. The molecule has 3 rings (SSSR count). The second kappa shape index (κ2) is 7.34. The third kappa shape index (κ3) is 3.60. The van der Waals surface area contributed by atoms with E-state index in [0.29, 0.717) is 30.4 Å². The predicted molar refractivity (Wildman–Crippen MR) is 101 cm³/mol. The molecular weight excluding hydrogens is 372 g/mol. The Kier molecular flexibility index (Phi) is 5.31. The van der Waals surface area contributed by atoms with E-state index in [1.54, 1.807) is 39.2 Å². The fourth-order valence-corrected chi connectivity index (χ4v) is 5.54. The maximum absolute atomic E-state index is 12.5. The van der Waals surface area contributed by atoms with E-state index in [9.17, 15) is 13.2 Å². The minimum absolute atomic E-state index is 0.110. The summed E-state index contributed by atoms with van der Waals surface area (Å²) >= 11 is 1.21. The van der Waals surface area contributed by atoms with Crippen LogP contribution in [0.25, 0.3) is 6.08 Å². The van der Waals surface area contributed by atoms with Crippen molar-refractivity contribution in [3.8, 4) is 0 Å². The minimum atomic E-state index is -3.45. The summed E-state index contributed by atoms with van der Waals surface area (Å²) < 4.78 is 28.6. The quantitative estimate of drug-likeness (QED) is 0.739. The first-order valence-electron chi connectivity index (χ1n) is 8.31. The molecule has 2 aromatic rings. The fourth-order valence-electron chi connectivity index (χ4n) is 2.98. The van der Waals surface area contributed by atoms with Gasteiger partial charge in [0.2, 0.25) is 5.91 Å². The van der Waals surface area contributed by atoms with Crippen LogP contribution in [0, 0.1) is 13.8 Å². The van der Waals surface area contributed by atoms with Gasteiger partial charge in [0.1, 0.15) is 4.21 Å². The van der Waals surface area contributed by atoms with Crippen molar-refractivity contribution >= 4 is 33.3 Å². The normalized spacial score (nSPS) is 16.5. The number of carbonyl (C=O) groups excluding carboxylic acids is 1. The number of aromatic nitrogens is 2. The maximum atomic E-state index is 12.5. The Bertz CT molecular complexity index is 922. The third-order valence-electron chi connectivity index (χ3n) is 4.60. The minimum Gasteiger partial charge on any atom is -0.337 e. The number of hydrogen-bond donors (Lipinski definition) is 0. The van der Waals surface area contributed by atoms with E-state index in [-0.39, 0.29) is 5.91 Å². The monoisotopic (exact) mass is 394 g/mol. The van der Waals surface area contributed by atoms with Gasteiger partial charge in [0.05, 0.1) is 5.69 Å². The van der Waals surface area contributed by atoms with Crippen molar-refractivity contribution < 1.29 is 13.2 Å². The van der Waals surface area contributed by atoms with Crippen LogP contribution in [0.4, 0.5) is 0 Å². The molecule has 1 saturated heterocycles. The van der Waals surface area contributed by atoms with Crippen LogP contribution in [-0.4, -0.2) is 59.5 Å². The second-order valence-corrected chi connectivity index (χ2v) is 9.32. The molecule has 1 fully saturated rings. The van der Waals surface area contributed by atoms with Crippen molar-refractivity contribution in [2.45, 2.75) is 18.1 Å². The van der Waals surface area contributed by atoms with Crippen molar-refractivity contribution in [3.05, 3.63) is 40.5 Å². The Hall–Kier alpha value is -1.97. The Morgan fingerprint density at radius 3 is 2.46 bits per heavy atom. The first kappa shape index (κ1) is 18.8. The van der Waals surface area contributed by atoms with Gasteiger partial charge in [-0.05, 0) is 31.4 Å². The molecule has 0 spiro atoms. The average molecular weight is 395 g/mol. The van der Waals surface area contributed by atoms with Crippen LogP contribution in [0.2, 0.25) is 0 Å². The number of piperazine rings is 1. The van der Waals surface area contributed by atoms with Gasteiger partial charge in [-0.15, -0.1) is 11.3 Å². The molecule has 0 unspecified atom stereocenters. The van der Waals surface area contributed by atoms with Crippen molar-refractivity contribution in [1.82, 2.24) is 19.0 Å². The van der Waals surface area contributed by atoms with E-state index in [2.05, 4.69) is 5.10 Å². The van der Waals surface area contributed by atoms with Gasteiger partial charge in [0, 0.05) is 50.6 Å². The van der Waals surface area contributed by atoms with E-state index in [1.165, 1.54) is 15.6 Å². The van der Waals surface area contributed by atoms with E-state index in [0.717, 1.165) is 17.0 Å². The molecule has 1 aliphatic heterocycles. The van der Waals surface area contributed by atoms with Crippen LogP contribution < -0.4 is 0 Å². The van der Waals surface area contributed by atoms with Gasteiger partial charge in [0.25, 0.3) is 10.0 Å². The summed E-state index contributed by atoms with van der Waals surface area (Å²) in [5.74, 6) is -0.110. The predicted octanol–water partition coefficient (Wildman–Crippen LogP) is 1.64. The molecule has 9 heteroatoms. The molecule has 1 amide bonds. The molecule has 1 aliphatic rings. The molecule has 3 heterocycles. The summed E-state index contributed by atoms with van der Waals surface area (Å²) in [6, 6.07) is 3.34. The van der Waals surface area contributed by atoms with Gasteiger partial charge in [-0.25, -0.2) is 8.42 Å². The van der Waals surface area contributed by atoms with Crippen LogP contribution in [0.1, 0.15) is 17.0 Å². The number of thiophene rings is 1. The zero-order valence-corrected chi connectivity index (χ0v) is 16.7. The molecular formula is C17H22N4O3S2. The second-order valence-electron chi connectivity index (χ2n) is 6.20. The first-order chi connectivity index (χ1) is 12.3. The van der Waals surface area contributed by atoms with Crippen molar-refractivity contribution in [2.24, 2.45) is 7.05 Å². The van der Waals surface area contributed by atoms with Crippen LogP contribution in [0.3, 0.4) is 0 Å². The number of sulfonamides is 1. The lowest BCUT2D eigenvalue weighted by atomic mass is 10.2. The summed E-state index contributed by atoms with van der Waals surface area (Å²) in [7, 11) is -1.58. The lowest BCUT2D eigenvalue weighted by molar-refractivity contribution is -0.127. The number of rotatable bonds is 4. The Morgan fingerprint density at radius 2 is 1.92 bits per heavy atom. The highest BCUT2D eigenvalue weighted by Crippen LogP contribution is 2.22. The smallest absolute Gasteiger partial charge is 0.252 e.